The Hall–Kier alpha value is -0.570. The lowest BCUT2D eigenvalue weighted by Gasteiger charge is -2.07. The smallest absolute Gasteiger partial charge is 0.220 e. The Morgan fingerprint density at radius 1 is 1.62 bits per heavy atom. The van der Waals surface area contributed by atoms with Crippen LogP contribution in [0, 0.1) is 11.8 Å². The molecule has 0 heterocycles. The highest BCUT2D eigenvalue weighted by atomic mass is 16.1. The number of rotatable bonds is 6. The third-order valence-electron chi connectivity index (χ3n) is 2.55. The molecule has 0 saturated heterocycles. The summed E-state index contributed by atoms with van der Waals surface area (Å²) in [6.07, 6.45) is 4.12. The number of hydrogen-bond donors (Lipinski definition) is 2. The van der Waals surface area contributed by atoms with E-state index in [-0.39, 0.29) is 5.91 Å². The van der Waals surface area contributed by atoms with Crippen molar-refractivity contribution in [3.63, 3.8) is 0 Å². The molecule has 0 aromatic heterocycles. The van der Waals surface area contributed by atoms with Gasteiger partial charge in [-0.1, -0.05) is 6.92 Å². The van der Waals surface area contributed by atoms with E-state index in [2.05, 4.69) is 12.2 Å². The second-order valence-electron chi connectivity index (χ2n) is 4.13. The normalized spacial score (nSPS) is 18.3. The maximum absolute atomic E-state index is 11.2. The van der Waals surface area contributed by atoms with Gasteiger partial charge in [-0.25, -0.2) is 0 Å². The summed E-state index contributed by atoms with van der Waals surface area (Å²) >= 11 is 0. The molecule has 3 N–H and O–H groups in total. The number of carbonyl (C=O) groups excluding carboxylic acids is 1. The predicted molar refractivity (Wildman–Crippen MR) is 53.2 cm³/mol. The van der Waals surface area contributed by atoms with Crippen molar-refractivity contribution in [2.45, 2.75) is 32.6 Å². The summed E-state index contributed by atoms with van der Waals surface area (Å²) in [5, 5.41) is 2.94. The molecule has 1 aliphatic carbocycles. The molecule has 1 rings (SSSR count). The van der Waals surface area contributed by atoms with Gasteiger partial charge >= 0.3 is 0 Å². The molecule has 3 heteroatoms. The standard InChI is InChI=1S/C10H20N2O/c1-8(6-11)2-5-10(13)12-7-9-3-4-9/h8-9H,2-7,11H2,1H3,(H,12,13). The fourth-order valence-electron chi connectivity index (χ4n) is 1.16. The molecule has 1 amide bonds. The molecule has 0 spiro atoms. The van der Waals surface area contributed by atoms with E-state index in [1.165, 1.54) is 12.8 Å². The van der Waals surface area contributed by atoms with E-state index in [9.17, 15) is 4.79 Å². The molecule has 0 aromatic rings. The second-order valence-corrected chi connectivity index (χ2v) is 4.13. The lowest BCUT2D eigenvalue weighted by molar-refractivity contribution is -0.121. The first-order chi connectivity index (χ1) is 6.22. The molecular formula is C10H20N2O. The highest BCUT2D eigenvalue weighted by Crippen LogP contribution is 2.27. The van der Waals surface area contributed by atoms with Crippen molar-refractivity contribution in [1.82, 2.24) is 5.32 Å². The van der Waals surface area contributed by atoms with Gasteiger partial charge in [-0.2, -0.15) is 0 Å². The van der Waals surface area contributed by atoms with E-state index in [1.54, 1.807) is 0 Å². The molecule has 3 nitrogen and oxygen atoms in total. The van der Waals surface area contributed by atoms with Crippen molar-refractivity contribution < 1.29 is 4.79 Å². The van der Waals surface area contributed by atoms with Gasteiger partial charge in [-0.15, -0.1) is 0 Å². The van der Waals surface area contributed by atoms with Gasteiger partial charge in [0.1, 0.15) is 0 Å². The third-order valence-corrected chi connectivity index (χ3v) is 2.55. The van der Waals surface area contributed by atoms with Crippen LogP contribution < -0.4 is 11.1 Å². The average molecular weight is 184 g/mol. The molecule has 13 heavy (non-hydrogen) atoms. The van der Waals surface area contributed by atoms with Gasteiger partial charge in [0.05, 0.1) is 0 Å². The minimum absolute atomic E-state index is 0.187. The fourth-order valence-corrected chi connectivity index (χ4v) is 1.16. The van der Waals surface area contributed by atoms with E-state index in [0.717, 1.165) is 18.9 Å². The van der Waals surface area contributed by atoms with Gasteiger partial charge in [0.15, 0.2) is 0 Å². The molecule has 76 valence electrons. The number of hydrogen-bond acceptors (Lipinski definition) is 2. The van der Waals surface area contributed by atoms with Crippen molar-refractivity contribution in [2.75, 3.05) is 13.1 Å². The Labute approximate surface area is 80.1 Å². The predicted octanol–water partition coefficient (Wildman–Crippen LogP) is 0.888. The highest BCUT2D eigenvalue weighted by Gasteiger charge is 2.21. The van der Waals surface area contributed by atoms with Gasteiger partial charge in [-0.05, 0) is 37.6 Å². The van der Waals surface area contributed by atoms with Crippen LogP contribution in [-0.2, 0) is 4.79 Å². The highest BCUT2D eigenvalue weighted by molar-refractivity contribution is 5.75. The van der Waals surface area contributed by atoms with Gasteiger partial charge in [-0.3, -0.25) is 4.79 Å². The zero-order valence-electron chi connectivity index (χ0n) is 8.38. The molecular weight excluding hydrogens is 164 g/mol. The second kappa shape index (κ2) is 5.22. The molecule has 1 fully saturated rings. The third kappa shape index (κ3) is 4.88. The summed E-state index contributed by atoms with van der Waals surface area (Å²) in [4.78, 5) is 11.2. The van der Waals surface area contributed by atoms with Gasteiger partial charge in [0.2, 0.25) is 5.91 Å². The van der Waals surface area contributed by atoms with Crippen LogP contribution in [-0.4, -0.2) is 19.0 Å². The summed E-state index contributed by atoms with van der Waals surface area (Å²) in [5.74, 6) is 1.43. The van der Waals surface area contributed by atoms with E-state index in [1.807, 2.05) is 0 Å². The van der Waals surface area contributed by atoms with Crippen LogP contribution in [0.5, 0.6) is 0 Å². The first kappa shape index (κ1) is 10.5. The van der Waals surface area contributed by atoms with Crippen molar-refractivity contribution in [3.05, 3.63) is 0 Å². The van der Waals surface area contributed by atoms with Gasteiger partial charge in [0, 0.05) is 13.0 Å². The minimum Gasteiger partial charge on any atom is -0.356 e. The van der Waals surface area contributed by atoms with E-state index in [4.69, 9.17) is 5.73 Å². The van der Waals surface area contributed by atoms with Crippen LogP contribution in [0.3, 0.4) is 0 Å². The Morgan fingerprint density at radius 3 is 2.85 bits per heavy atom. The monoisotopic (exact) mass is 184 g/mol. The van der Waals surface area contributed by atoms with E-state index < -0.39 is 0 Å². The Kier molecular flexibility index (Phi) is 4.22. The summed E-state index contributed by atoms with van der Waals surface area (Å²) in [7, 11) is 0. The molecule has 0 bridgehead atoms. The van der Waals surface area contributed by atoms with Crippen LogP contribution in [0.25, 0.3) is 0 Å². The first-order valence-electron chi connectivity index (χ1n) is 5.19. The molecule has 0 aromatic carbocycles. The molecule has 0 radical (unpaired) electrons. The van der Waals surface area contributed by atoms with Crippen molar-refractivity contribution in [3.8, 4) is 0 Å². The SMILES string of the molecule is CC(CN)CCC(=O)NCC1CC1. The Morgan fingerprint density at radius 2 is 2.31 bits per heavy atom. The fraction of sp³-hybridized carbons (Fsp3) is 0.900. The van der Waals surface area contributed by atoms with Crippen molar-refractivity contribution in [1.29, 1.82) is 0 Å². The number of amides is 1. The molecule has 1 aliphatic rings. The lowest BCUT2D eigenvalue weighted by Crippen LogP contribution is -2.26. The minimum atomic E-state index is 0.187. The maximum Gasteiger partial charge on any atom is 0.220 e. The number of carbonyl (C=O) groups is 1. The van der Waals surface area contributed by atoms with Crippen LogP contribution in [0.2, 0.25) is 0 Å². The Bertz CT molecular complexity index is 166. The zero-order chi connectivity index (χ0) is 9.68. The van der Waals surface area contributed by atoms with Crippen LogP contribution in [0.15, 0.2) is 0 Å². The van der Waals surface area contributed by atoms with Gasteiger partial charge < -0.3 is 11.1 Å². The summed E-state index contributed by atoms with van der Waals surface area (Å²) < 4.78 is 0. The molecule has 1 saturated carbocycles. The summed E-state index contributed by atoms with van der Waals surface area (Å²) in [6.45, 7) is 3.64. The largest absolute Gasteiger partial charge is 0.356 e. The van der Waals surface area contributed by atoms with Crippen LogP contribution >= 0.6 is 0 Å². The average Bonchev–Trinajstić information content (AvgIpc) is 2.94. The number of nitrogens with two attached hydrogens (primary N) is 1. The molecule has 1 atom stereocenters. The lowest BCUT2D eigenvalue weighted by atomic mass is 10.1. The molecule has 1 unspecified atom stereocenters. The van der Waals surface area contributed by atoms with Crippen molar-refractivity contribution in [2.24, 2.45) is 17.6 Å². The molecule has 0 aliphatic heterocycles. The summed E-state index contributed by atoms with van der Waals surface area (Å²) in [6, 6.07) is 0. The topological polar surface area (TPSA) is 55.1 Å². The zero-order valence-corrected chi connectivity index (χ0v) is 8.38. The maximum atomic E-state index is 11.2. The van der Waals surface area contributed by atoms with Gasteiger partial charge in [0.25, 0.3) is 0 Å². The summed E-state index contributed by atoms with van der Waals surface area (Å²) in [5.41, 5.74) is 5.46. The first-order valence-corrected chi connectivity index (χ1v) is 5.19. The van der Waals surface area contributed by atoms with Crippen LogP contribution in [0.4, 0.5) is 0 Å². The Balaban J connectivity index is 1.96. The van der Waals surface area contributed by atoms with Crippen molar-refractivity contribution >= 4 is 5.91 Å². The van der Waals surface area contributed by atoms with E-state index >= 15 is 0 Å². The quantitative estimate of drug-likeness (QED) is 0.644. The van der Waals surface area contributed by atoms with Crippen LogP contribution in [0.1, 0.15) is 32.6 Å². The van der Waals surface area contributed by atoms with E-state index in [0.29, 0.717) is 18.9 Å². The number of nitrogens with one attached hydrogen (secondary N) is 1.